The van der Waals surface area contributed by atoms with Gasteiger partial charge in [0, 0.05) is 22.8 Å². The van der Waals surface area contributed by atoms with Gasteiger partial charge in [-0.05, 0) is 48.5 Å². The zero-order valence-electron chi connectivity index (χ0n) is 14.8. The smallest absolute Gasteiger partial charge is 0.345 e. The fourth-order valence-electron chi connectivity index (χ4n) is 2.83. The van der Waals surface area contributed by atoms with Gasteiger partial charge in [0.25, 0.3) is 5.91 Å². The Kier molecular flexibility index (Phi) is 4.80. The van der Waals surface area contributed by atoms with Gasteiger partial charge in [-0.1, -0.05) is 36.4 Å². The average molecular weight is 368 g/mol. The molecule has 0 saturated carbocycles. The first-order chi connectivity index (χ1) is 13.7. The largest absolute Gasteiger partial charge is 0.423 e. The zero-order valence-corrected chi connectivity index (χ0v) is 14.8. The molecule has 4 rings (SSSR count). The van der Waals surface area contributed by atoms with E-state index in [0.29, 0.717) is 28.1 Å². The van der Waals surface area contributed by atoms with Gasteiger partial charge in [0.15, 0.2) is 0 Å². The molecule has 1 aromatic heterocycles. The topological polar surface area (TPSA) is 68.3 Å². The number of para-hydroxylation sites is 1. The molecule has 5 heteroatoms. The number of esters is 1. The van der Waals surface area contributed by atoms with Crippen molar-refractivity contribution in [2.75, 3.05) is 5.32 Å². The Morgan fingerprint density at radius 2 is 1.54 bits per heavy atom. The number of anilines is 1. The predicted octanol–water partition coefficient (Wildman–Crippen LogP) is 4.71. The van der Waals surface area contributed by atoms with E-state index in [0.717, 1.165) is 5.39 Å². The fourth-order valence-corrected chi connectivity index (χ4v) is 2.83. The molecule has 0 unspecified atom stereocenters. The molecule has 4 aromatic rings. The number of nitrogens with one attached hydrogen (secondary N) is 1. The van der Waals surface area contributed by atoms with E-state index in [1.807, 2.05) is 24.3 Å². The molecule has 0 aliphatic rings. The molecule has 1 amide bonds. The number of benzene rings is 3. The molecule has 1 heterocycles. The molecule has 1 N–H and O–H groups in total. The second kappa shape index (κ2) is 7.72. The molecule has 0 spiro atoms. The van der Waals surface area contributed by atoms with E-state index < -0.39 is 5.97 Å². The highest BCUT2D eigenvalue weighted by Crippen LogP contribution is 2.21. The number of hydrogen-bond acceptors (Lipinski definition) is 4. The molecule has 28 heavy (non-hydrogen) atoms. The fraction of sp³-hybridized carbons (Fsp3) is 0. The highest BCUT2D eigenvalue weighted by molar-refractivity contribution is 6.04. The van der Waals surface area contributed by atoms with Gasteiger partial charge in [-0.15, -0.1) is 0 Å². The van der Waals surface area contributed by atoms with Crippen LogP contribution in [0.2, 0.25) is 0 Å². The number of fused-ring (bicyclic) bond motifs is 1. The lowest BCUT2D eigenvalue weighted by Gasteiger charge is -2.08. The van der Waals surface area contributed by atoms with Crippen molar-refractivity contribution in [3.8, 4) is 5.75 Å². The Bertz CT molecular complexity index is 1130. The Labute approximate surface area is 161 Å². The van der Waals surface area contributed by atoms with Gasteiger partial charge in [-0.25, -0.2) is 4.79 Å². The van der Waals surface area contributed by atoms with Crippen LogP contribution >= 0.6 is 0 Å². The van der Waals surface area contributed by atoms with Crippen LogP contribution in [0.4, 0.5) is 5.69 Å². The zero-order chi connectivity index (χ0) is 19.3. The maximum atomic E-state index is 12.5. The molecule has 0 aliphatic heterocycles. The molecule has 5 nitrogen and oxygen atoms in total. The van der Waals surface area contributed by atoms with Crippen molar-refractivity contribution < 1.29 is 14.3 Å². The van der Waals surface area contributed by atoms with Crippen LogP contribution in [-0.2, 0) is 0 Å². The van der Waals surface area contributed by atoms with E-state index in [1.165, 1.54) is 0 Å². The van der Waals surface area contributed by atoms with Gasteiger partial charge in [0.1, 0.15) is 5.75 Å². The minimum atomic E-state index is -0.481. The Hall–Kier alpha value is -3.99. The standard InChI is InChI=1S/C23H16N2O3/c26-22(17-6-2-1-3-7-17)25-18-11-13-19(14-12-18)28-23(27)20-10-4-8-16-9-5-15-24-21(16)20/h1-15H,(H,25,26). The van der Waals surface area contributed by atoms with Crippen LogP contribution in [0.15, 0.2) is 91.1 Å². The minimum Gasteiger partial charge on any atom is -0.423 e. The lowest BCUT2D eigenvalue weighted by atomic mass is 10.1. The SMILES string of the molecule is O=C(Nc1ccc(OC(=O)c2cccc3cccnc23)cc1)c1ccccc1. The first-order valence-electron chi connectivity index (χ1n) is 8.73. The third kappa shape index (κ3) is 3.73. The summed E-state index contributed by atoms with van der Waals surface area (Å²) in [7, 11) is 0. The number of pyridine rings is 1. The maximum absolute atomic E-state index is 12.5. The van der Waals surface area contributed by atoms with Gasteiger partial charge in [0.05, 0.1) is 11.1 Å². The number of ether oxygens (including phenoxy) is 1. The Morgan fingerprint density at radius 3 is 2.32 bits per heavy atom. The molecule has 0 fully saturated rings. The van der Waals surface area contributed by atoms with Crippen molar-refractivity contribution in [2.45, 2.75) is 0 Å². The number of aromatic nitrogens is 1. The van der Waals surface area contributed by atoms with Crippen LogP contribution < -0.4 is 10.1 Å². The summed E-state index contributed by atoms with van der Waals surface area (Å²) in [4.78, 5) is 29.0. The Morgan fingerprint density at radius 1 is 0.786 bits per heavy atom. The van der Waals surface area contributed by atoms with Crippen LogP contribution in [0.25, 0.3) is 10.9 Å². The first kappa shape index (κ1) is 17.4. The van der Waals surface area contributed by atoms with E-state index in [1.54, 1.807) is 66.9 Å². The molecule has 0 atom stereocenters. The summed E-state index contributed by atoms with van der Waals surface area (Å²) in [5, 5.41) is 3.68. The van der Waals surface area contributed by atoms with Crippen molar-refractivity contribution in [2.24, 2.45) is 0 Å². The van der Waals surface area contributed by atoms with Gasteiger partial charge >= 0.3 is 5.97 Å². The number of nitrogens with zero attached hydrogens (tertiary/aromatic N) is 1. The molecule has 136 valence electrons. The van der Waals surface area contributed by atoms with Crippen molar-refractivity contribution in [3.63, 3.8) is 0 Å². The quantitative estimate of drug-likeness (QED) is 0.418. The molecule has 0 saturated heterocycles. The van der Waals surface area contributed by atoms with Crippen LogP contribution in [0.1, 0.15) is 20.7 Å². The molecular weight excluding hydrogens is 352 g/mol. The van der Waals surface area contributed by atoms with Gasteiger partial charge in [-0.2, -0.15) is 0 Å². The van der Waals surface area contributed by atoms with Crippen LogP contribution in [0.5, 0.6) is 5.75 Å². The third-order valence-corrected chi connectivity index (χ3v) is 4.21. The second-order valence-corrected chi connectivity index (χ2v) is 6.11. The third-order valence-electron chi connectivity index (χ3n) is 4.21. The normalized spacial score (nSPS) is 10.4. The van der Waals surface area contributed by atoms with Crippen molar-refractivity contribution >= 4 is 28.5 Å². The summed E-state index contributed by atoms with van der Waals surface area (Å²) in [6, 6.07) is 24.7. The van der Waals surface area contributed by atoms with Gasteiger partial charge < -0.3 is 10.1 Å². The summed E-state index contributed by atoms with van der Waals surface area (Å²) in [6.45, 7) is 0. The second-order valence-electron chi connectivity index (χ2n) is 6.11. The van der Waals surface area contributed by atoms with E-state index >= 15 is 0 Å². The highest BCUT2D eigenvalue weighted by atomic mass is 16.5. The molecule has 0 aliphatic carbocycles. The molecule has 0 bridgehead atoms. The maximum Gasteiger partial charge on any atom is 0.345 e. The summed E-state index contributed by atoms with van der Waals surface area (Å²) in [5.41, 5.74) is 2.18. The number of hydrogen-bond donors (Lipinski definition) is 1. The summed E-state index contributed by atoms with van der Waals surface area (Å²) in [5.74, 6) is -0.298. The van der Waals surface area contributed by atoms with Crippen molar-refractivity contribution in [1.82, 2.24) is 4.98 Å². The average Bonchev–Trinajstić information content (AvgIpc) is 2.75. The summed E-state index contributed by atoms with van der Waals surface area (Å²) in [6.07, 6.45) is 1.64. The van der Waals surface area contributed by atoms with Gasteiger partial charge in [-0.3, -0.25) is 9.78 Å². The lowest BCUT2D eigenvalue weighted by Crippen LogP contribution is -2.12. The monoisotopic (exact) mass is 368 g/mol. The molecular formula is C23H16N2O3. The molecule has 0 radical (unpaired) electrons. The van der Waals surface area contributed by atoms with Crippen molar-refractivity contribution in [1.29, 1.82) is 0 Å². The van der Waals surface area contributed by atoms with Crippen LogP contribution in [0, 0.1) is 0 Å². The van der Waals surface area contributed by atoms with Crippen LogP contribution in [-0.4, -0.2) is 16.9 Å². The number of amides is 1. The lowest BCUT2D eigenvalue weighted by molar-refractivity contribution is 0.0736. The Balaban J connectivity index is 1.47. The number of carbonyl (C=O) groups excluding carboxylic acids is 2. The summed E-state index contributed by atoms with van der Waals surface area (Å²) < 4.78 is 5.46. The molecule has 3 aromatic carbocycles. The van der Waals surface area contributed by atoms with E-state index in [-0.39, 0.29) is 5.91 Å². The summed E-state index contributed by atoms with van der Waals surface area (Å²) >= 11 is 0. The first-order valence-corrected chi connectivity index (χ1v) is 8.73. The number of rotatable bonds is 4. The van der Waals surface area contributed by atoms with Crippen LogP contribution in [0.3, 0.4) is 0 Å². The van der Waals surface area contributed by atoms with Gasteiger partial charge in [0.2, 0.25) is 0 Å². The highest BCUT2D eigenvalue weighted by Gasteiger charge is 2.13. The van der Waals surface area contributed by atoms with E-state index in [9.17, 15) is 9.59 Å². The van der Waals surface area contributed by atoms with Crippen molar-refractivity contribution in [3.05, 3.63) is 102 Å². The predicted molar refractivity (Wildman–Crippen MR) is 108 cm³/mol. The van der Waals surface area contributed by atoms with E-state index in [4.69, 9.17) is 4.74 Å². The number of carbonyl (C=O) groups is 2. The minimum absolute atomic E-state index is 0.202. The van der Waals surface area contributed by atoms with E-state index in [2.05, 4.69) is 10.3 Å².